The molecule has 3 nitrogen and oxygen atoms in total. The van der Waals surface area contributed by atoms with Gasteiger partial charge < -0.3 is 16.2 Å². The molecule has 0 fully saturated rings. The Bertz CT molecular complexity index is 366. The van der Waals surface area contributed by atoms with Gasteiger partial charge in [-0.3, -0.25) is 0 Å². The number of nitrogens with one attached hydrogen (secondary N) is 1. The number of aliphatic hydroxyl groups is 1. The second kappa shape index (κ2) is 6.12. The average Bonchev–Trinajstić information content (AvgIpc) is 2.25. The van der Waals surface area contributed by atoms with Crippen LogP contribution < -0.4 is 11.1 Å². The second-order valence-electron chi connectivity index (χ2n) is 5.08. The number of nitrogen functional groups attached to an aromatic ring is 1. The number of hydrogen-bond donors (Lipinski definition) is 3. The van der Waals surface area contributed by atoms with E-state index in [1.807, 2.05) is 12.1 Å². The lowest BCUT2D eigenvalue weighted by atomic mass is 9.88. The number of benzene rings is 1. The van der Waals surface area contributed by atoms with E-state index in [0.717, 1.165) is 25.1 Å². The van der Waals surface area contributed by atoms with Crippen LogP contribution in [0.25, 0.3) is 0 Å². The van der Waals surface area contributed by atoms with Gasteiger partial charge in [-0.1, -0.05) is 25.4 Å². The largest absolute Gasteiger partial charge is 0.399 e. The first-order valence-corrected chi connectivity index (χ1v) is 6.22. The van der Waals surface area contributed by atoms with E-state index in [0.29, 0.717) is 10.7 Å². The predicted molar refractivity (Wildman–Crippen MR) is 74.5 cm³/mol. The Morgan fingerprint density at radius 3 is 2.71 bits per heavy atom. The first-order valence-electron chi connectivity index (χ1n) is 5.84. The summed E-state index contributed by atoms with van der Waals surface area (Å²) in [7, 11) is 0. The maximum Gasteiger partial charge on any atom is 0.0657 e. The molecule has 0 aromatic heterocycles. The van der Waals surface area contributed by atoms with Gasteiger partial charge >= 0.3 is 0 Å². The van der Waals surface area contributed by atoms with Crippen LogP contribution in [-0.2, 0) is 0 Å². The maximum absolute atomic E-state index is 8.83. The maximum atomic E-state index is 8.83. The molecule has 1 rings (SSSR count). The Labute approximate surface area is 108 Å². The van der Waals surface area contributed by atoms with Crippen molar-refractivity contribution in [2.75, 3.05) is 24.2 Å². The van der Waals surface area contributed by atoms with Crippen LogP contribution in [0, 0.1) is 5.41 Å². The molecule has 1 aromatic carbocycles. The number of nitrogens with two attached hydrogens (primary N) is 1. The van der Waals surface area contributed by atoms with E-state index >= 15 is 0 Å². The minimum absolute atomic E-state index is 0.132. The quantitative estimate of drug-likeness (QED) is 0.686. The van der Waals surface area contributed by atoms with Crippen molar-refractivity contribution in [2.24, 2.45) is 5.41 Å². The molecule has 0 amide bonds. The second-order valence-corrected chi connectivity index (χ2v) is 5.49. The summed E-state index contributed by atoms with van der Waals surface area (Å²) < 4.78 is 0. The van der Waals surface area contributed by atoms with Gasteiger partial charge in [-0.2, -0.15) is 0 Å². The van der Waals surface area contributed by atoms with Crippen LogP contribution in [0.5, 0.6) is 0 Å². The molecule has 0 spiro atoms. The van der Waals surface area contributed by atoms with Gasteiger partial charge in [-0.05, 0) is 36.5 Å². The molecule has 96 valence electrons. The fourth-order valence-corrected chi connectivity index (χ4v) is 1.91. The molecule has 0 aliphatic rings. The number of halogens is 1. The zero-order chi connectivity index (χ0) is 12.9. The van der Waals surface area contributed by atoms with Crippen molar-refractivity contribution in [1.29, 1.82) is 0 Å². The van der Waals surface area contributed by atoms with Crippen LogP contribution in [0.3, 0.4) is 0 Å². The summed E-state index contributed by atoms with van der Waals surface area (Å²) in [5.41, 5.74) is 7.34. The number of aliphatic hydroxyl groups excluding tert-OH is 1. The molecule has 0 aliphatic carbocycles. The van der Waals surface area contributed by atoms with Gasteiger partial charge in [0.2, 0.25) is 0 Å². The molecular weight excluding hydrogens is 236 g/mol. The van der Waals surface area contributed by atoms with Gasteiger partial charge in [0.25, 0.3) is 0 Å². The molecule has 17 heavy (non-hydrogen) atoms. The highest BCUT2D eigenvalue weighted by molar-refractivity contribution is 6.33. The summed E-state index contributed by atoms with van der Waals surface area (Å²) in [6, 6.07) is 5.46. The molecule has 0 bridgehead atoms. The smallest absolute Gasteiger partial charge is 0.0657 e. The topological polar surface area (TPSA) is 58.3 Å². The third kappa shape index (κ3) is 4.84. The summed E-state index contributed by atoms with van der Waals surface area (Å²) >= 11 is 6.08. The Morgan fingerprint density at radius 2 is 2.12 bits per heavy atom. The summed E-state index contributed by atoms with van der Waals surface area (Å²) in [4.78, 5) is 0. The van der Waals surface area contributed by atoms with E-state index in [1.165, 1.54) is 0 Å². The molecule has 0 heterocycles. The van der Waals surface area contributed by atoms with Crippen LogP contribution in [0.4, 0.5) is 11.4 Å². The van der Waals surface area contributed by atoms with E-state index < -0.39 is 0 Å². The van der Waals surface area contributed by atoms with Crippen molar-refractivity contribution in [3.8, 4) is 0 Å². The molecule has 0 aliphatic heterocycles. The van der Waals surface area contributed by atoms with Crippen LogP contribution in [-0.4, -0.2) is 18.3 Å². The lowest BCUT2D eigenvalue weighted by molar-refractivity contribution is 0.248. The molecule has 0 saturated heterocycles. The summed E-state index contributed by atoms with van der Waals surface area (Å²) in [5.74, 6) is 0. The number of rotatable bonds is 6. The zero-order valence-electron chi connectivity index (χ0n) is 10.5. The lowest BCUT2D eigenvalue weighted by Gasteiger charge is -2.25. The molecular formula is C13H21ClN2O. The third-order valence-corrected chi connectivity index (χ3v) is 3.07. The Kier molecular flexibility index (Phi) is 5.09. The fraction of sp³-hybridized carbons (Fsp3) is 0.538. The van der Waals surface area contributed by atoms with Crippen LogP contribution >= 0.6 is 11.6 Å². The van der Waals surface area contributed by atoms with Crippen molar-refractivity contribution in [2.45, 2.75) is 26.7 Å². The predicted octanol–water partition coefficient (Wildman–Crippen LogP) is 3.13. The van der Waals surface area contributed by atoms with Gasteiger partial charge in [-0.25, -0.2) is 0 Å². The molecule has 1 aromatic rings. The first kappa shape index (κ1) is 14.1. The van der Waals surface area contributed by atoms with Gasteiger partial charge in [-0.15, -0.1) is 0 Å². The molecule has 0 atom stereocenters. The van der Waals surface area contributed by atoms with Crippen molar-refractivity contribution in [1.82, 2.24) is 0 Å². The Morgan fingerprint density at radius 1 is 1.41 bits per heavy atom. The molecule has 4 heteroatoms. The Hall–Kier alpha value is -0.930. The van der Waals surface area contributed by atoms with Crippen molar-refractivity contribution < 1.29 is 5.11 Å². The van der Waals surface area contributed by atoms with E-state index in [9.17, 15) is 0 Å². The average molecular weight is 257 g/mol. The summed E-state index contributed by atoms with van der Waals surface area (Å²) in [6.07, 6.45) is 1.80. The van der Waals surface area contributed by atoms with Crippen LogP contribution in [0.1, 0.15) is 26.7 Å². The van der Waals surface area contributed by atoms with E-state index in [2.05, 4.69) is 19.2 Å². The van der Waals surface area contributed by atoms with Gasteiger partial charge in [0, 0.05) is 18.8 Å². The monoisotopic (exact) mass is 256 g/mol. The van der Waals surface area contributed by atoms with Crippen LogP contribution in [0.15, 0.2) is 18.2 Å². The lowest BCUT2D eigenvalue weighted by Crippen LogP contribution is -2.23. The highest BCUT2D eigenvalue weighted by atomic mass is 35.5. The number of hydrogen-bond acceptors (Lipinski definition) is 3. The summed E-state index contributed by atoms with van der Waals surface area (Å²) in [5, 5.41) is 12.8. The Balaban J connectivity index is 2.54. The summed E-state index contributed by atoms with van der Waals surface area (Å²) in [6.45, 7) is 5.39. The number of anilines is 2. The van der Waals surface area contributed by atoms with Crippen molar-refractivity contribution in [3.05, 3.63) is 23.2 Å². The molecule has 0 saturated carbocycles. The van der Waals surface area contributed by atoms with Gasteiger partial charge in [0.1, 0.15) is 0 Å². The standard InChI is InChI=1S/C13H21ClN2O/c1-13(2,6-3-7-17)9-16-12-5-4-10(15)8-11(12)14/h4-5,8,16-17H,3,6-7,9,15H2,1-2H3. The van der Waals surface area contributed by atoms with Gasteiger partial charge in [0.05, 0.1) is 10.7 Å². The highest BCUT2D eigenvalue weighted by Crippen LogP contribution is 2.27. The molecule has 0 radical (unpaired) electrons. The minimum atomic E-state index is 0.132. The van der Waals surface area contributed by atoms with E-state index in [4.69, 9.17) is 22.4 Å². The van der Waals surface area contributed by atoms with Crippen molar-refractivity contribution in [3.63, 3.8) is 0 Å². The SMILES string of the molecule is CC(C)(CCCO)CNc1ccc(N)cc1Cl. The van der Waals surface area contributed by atoms with Crippen LogP contribution in [0.2, 0.25) is 5.02 Å². The van der Waals surface area contributed by atoms with Gasteiger partial charge in [0.15, 0.2) is 0 Å². The van der Waals surface area contributed by atoms with E-state index in [1.54, 1.807) is 6.07 Å². The fourth-order valence-electron chi connectivity index (χ4n) is 1.66. The molecule has 0 unspecified atom stereocenters. The third-order valence-electron chi connectivity index (χ3n) is 2.76. The normalized spacial score (nSPS) is 11.5. The van der Waals surface area contributed by atoms with Crippen molar-refractivity contribution >= 4 is 23.0 Å². The highest BCUT2D eigenvalue weighted by Gasteiger charge is 2.17. The van der Waals surface area contributed by atoms with E-state index in [-0.39, 0.29) is 12.0 Å². The molecule has 4 N–H and O–H groups in total. The minimum Gasteiger partial charge on any atom is -0.399 e. The first-order chi connectivity index (χ1) is 7.94. The zero-order valence-corrected chi connectivity index (χ0v) is 11.2.